The Labute approximate surface area is 90.7 Å². The van der Waals surface area contributed by atoms with Crippen molar-refractivity contribution in [2.45, 2.75) is 0 Å². The smallest absolute Gasteiger partial charge is 0.297 e. The lowest BCUT2D eigenvalue weighted by Gasteiger charge is -2.25. The molecule has 0 unspecified atom stereocenters. The molecule has 0 saturated carbocycles. The van der Waals surface area contributed by atoms with Crippen molar-refractivity contribution in [2.75, 3.05) is 26.3 Å². The highest BCUT2D eigenvalue weighted by Crippen LogP contribution is 2.08. The Morgan fingerprint density at radius 3 is 2.73 bits per heavy atom. The molecule has 2 rings (SSSR count). The van der Waals surface area contributed by atoms with Gasteiger partial charge >= 0.3 is 0 Å². The lowest BCUT2D eigenvalue weighted by molar-refractivity contribution is -0.130. The molecule has 1 aromatic rings. The van der Waals surface area contributed by atoms with Crippen molar-refractivity contribution in [3.63, 3.8) is 0 Å². The van der Waals surface area contributed by atoms with Gasteiger partial charge in [0.05, 0.1) is 13.2 Å². The van der Waals surface area contributed by atoms with Crippen LogP contribution in [-0.2, 0) is 9.53 Å². The SMILES string of the molecule is O=C(C(=O)N1CCOCC1)c1nccs1. The molecule has 0 aliphatic carbocycles. The number of ketones is 1. The maximum atomic E-state index is 11.7. The van der Waals surface area contributed by atoms with Crippen LogP contribution in [0.5, 0.6) is 0 Å². The molecule has 0 bridgehead atoms. The maximum Gasteiger partial charge on any atom is 0.297 e. The standard InChI is InChI=1S/C9H10N2O3S/c12-7(8-10-1-6-15-8)9(13)11-2-4-14-5-3-11/h1,6H,2-5H2. The second kappa shape index (κ2) is 4.50. The Hall–Kier alpha value is -1.27. The number of rotatable bonds is 2. The molecule has 6 heteroatoms. The maximum absolute atomic E-state index is 11.7. The molecule has 1 aliphatic rings. The third-order valence-corrected chi connectivity index (χ3v) is 2.89. The number of carbonyl (C=O) groups excluding carboxylic acids is 2. The van der Waals surface area contributed by atoms with E-state index in [9.17, 15) is 9.59 Å². The molecule has 2 heterocycles. The predicted octanol–water partition coefficient (Wildman–Crippen LogP) is 0.185. The lowest BCUT2D eigenvalue weighted by atomic mass is 10.3. The number of hydrogen-bond donors (Lipinski definition) is 0. The number of aromatic nitrogens is 1. The van der Waals surface area contributed by atoms with E-state index in [4.69, 9.17) is 4.74 Å². The van der Waals surface area contributed by atoms with Crippen LogP contribution in [0.25, 0.3) is 0 Å². The van der Waals surface area contributed by atoms with Crippen LogP contribution in [0, 0.1) is 0 Å². The molecule has 0 atom stereocenters. The van der Waals surface area contributed by atoms with Gasteiger partial charge in [0.15, 0.2) is 5.01 Å². The summed E-state index contributed by atoms with van der Waals surface area (Å²) in [5.41, 5.74) is 0. The largest absolute Gasteiger partial charge is 0.378 e. The van der Waals surface area contributed by atoms with Gasteiger partial charge in [0, 0.05) is 24.7 Å². The summed E-state index contributed by atoms with van der Waals surface area (Å²) in [5, 5.41) is 1.94. The fourth-order valence-corrected chi connectivity index (χ4v) is 1.90. The van der Waals surface area contributed by atoms with Gasteiger partial charge in [0.25, 0.3) is 11.7 Å². The predicted molar refractivity (Wildman–Crippen MR) is 53.8 cm³/mol. The van der Waals surface area contributed by atoms with E-state index >= 15 is 0 Å². The number of hydrogen-bond acceptors (Lipinski definition) is 5. The zero-order chi connectivity index (χ0) is 10.7. The summed E-state index contributed by atoms with van der Waals surface area (Å²) in [5.74, 6) is -1.000. The lowest BCUT2D eigenvalue weighted by Crippen LogP contribution is -2.44. The zero-order valence-corrected chi connectivity index (χ0v) is 8.83. The Balaban J connectivity index is 2.04. The molecule has 0 N–H and O–H groups in total. The van der Waals surface area contributed by atoms with Crippen LogP contribution in [0.1, 0.15) is 9.80 Å². The van der Waals surface area contributed by atoms with Gasteiger partial charge in [-0.25, -0.2) is 4.98 Å². The summed E-state index contributed by atoms with van der Waals surface area (Å²) in [6, 6.07) is 0. The van der Waals surface area contributed by atoms with Crippen LogP contribution in [0.3, 0.4) is 0 Å². The normalized spacial score (nSPS) is 16.4. The molecular formula is C9H10N2O3S. The Morgan fingerprint density at radius 2 is 2.13 bits per heavy atom. The number of Topliss-reactive ketones (excluding diaryl/α,β-unsaturated/α-hetero) is 1. The average Bonchev–Trinajstić information content (AvgIpc) is 2.82. The molecular weight excluding hydrogens is 216 g/mol. The molecule has 80 valence electrons. The summed E-state index contributed by atoms with van der Waals surface area (Å²) >= 11 is 1.18. The molecule has 5 nitrogen and oxygen atoms in total. The Bertz CT molecular complexity index is 357. The van der Waals surface area contributed by atoms with Crippen molar-refractivity contribution in [1.29, 1.82) is 0 Å². The van der Waals surface area contributed by atoms with Crippen molar-refractivity contribution >= 4 is 23.0 Å². The molecule has 0 spiro atoms. The van der Waals surface area contributed by atoms with Crippen molar-refractivity contribution < 1.29 is 14.3 Å². The minimum Gasteiger partial charge on any atom is -0.378 e. The second-order valence-corrected chi connectivity index (χ2v) is 3.97. The number of amides is 1. The van der Waals surface area contributed by atoms with Gasteiger partial charge in [-0.1, -0.05) is 0 Å². The average molecular weight is 226 g/mol. The summed E-state index contributed by atoms with van der Waals surface area (Å²) in [6.45, 7) is 1.96. The van der Waals surface area contributed by atoms with E-state index < -0.39 is 11.7 Å². The van der Waals surface area contributed by atoms with Crippen molar-refractivity contribution in [2.24, 2.45) is 0 Å². The molecule has 1 amide bonds. The number of carbonyl (C=O) groups is 2. The van der Waals surface area contributed by atoms with Crippen molar-refractivity contribution in [3.05, 3.63) is 16.6 Å². The number of ether oxygens (including phenoxy) is 1. The quantitative estimate of drug-likeness (QED) is 0.533. The summed E-state index contributed by atoms with van der Waals surface area (Å²) < 4.78 is 5.10. The van der Waals surface area contributed by atoms with Gasteiger partial charge in [-0.15, -0.1) is 11.3 Å². The van der Waals surface area contributed by atoms with Gasteiger partial charge in [-0.3, -0.25) is 9.59 Å². The highest BCUT2D eigenvalue weighted by molar-refractivity contribution is 7.12. The summed E-state index contributed by atoms with van der Waals surface area (Å²) in [4.78, 5) is 28.6. The van der Waals surface area contributed by atoms with E-state index in [1.54, 1.807) is 5.38 Å². The van der Waals surface area contributed by atoms with E-state index in [-0.39, 0.29) is 5.01 Å². The third kappa shape index (κ3) is 2.21. The molecule has 1 aliphatic heterocycles. The molecule has 1 fully saturated rings. The molecule has 1 saturated heterocycles. The van der Waals surface area contributed by atoms with E-state index in [1.165, 1.54) is 22.4 Å². The van der Waals surface area contributed by atoms with Crippen molar-refractivity contribution in [1.82, 2.24) is 9.88 Å². The zero-order valence-electron chi connectivity index (χ0n) is 8.01. The van der Waals surface area contributed by atoms with Crippen LogP contribution < -0.4 is 0 Å². The minimum absolute atomic E-state index is 0.256. The number of thiazole rings is 1. The monoisotopic (exact) mass is 226 g/mol. The van der Waals surface area contributed by atoms with Crippen LogP contribution in [-0.4, -0.2) is 47.9 Å². The first-order valence-electron chi connectivity index (χ1n) is 4.60. The first-order valence-corrected chi connectivity index (χ1v) is 5.48. The van der Waals surface area contributed by atoms with E-state index in [2.05, 4.69) is 4.98 Å². The van der Waals surface area contributed by atoms with Crippen LogP contribution in [0.2, 0.25) is 0 Å². The topological polar surface area (TPSA) is 59.5 Å². The van der Waals surface area contributed by atoms with Crippen LogP contribution >= 0.6 is 11.3 Å². The summed E-state index contributed by atoms with van der Waals surface area (Å²) in [7, 11) is 0. The number of morpholine rings is 1. The first kappa shape index (κ1) is 10.3. The van der Waals surface area contributed by atoms with Gasteiger partial charge < -0.3 is 9.64 Å². The third-order valence-electron chi connectivity index (χ3n) is 2.12. The Kier molecular flexibility index (Phi) is 3.08. The second-order valence-electron chi connectivity index (χ2n) is 3.07. The van der Waals surface area contributed by atoms with Gasteiger partial charge in [-0.2, -0.15) is 0 Å². The first-order chi connectivity index (χ1) is 7.29. The fraction of sp³-hybridized carbons (Fsp3) is 0.444. The molecule has 1 aromatic heterocycles. The fourth-order valence-electron chi connectivity index (χ4n) is 1.34. The van der Waals surface area contributed by atoms with E-state index in [0.29, 0.717) is 26.3 Å². The van der Waals surface area contributed by atoms with Crippen molar-refractivity contribution in [3.8, 4) is 0 Å². The Morgan fingerprint density at radius 1 is 1.40 bits per heavy atom. The van der Waals surface area contributed by atoms with Gasteiger partial charge in [-0.05, 0) is 0 Å². The molecule has 0 radical (unpaired) electrons. The highest BCUT2D eigenvalue weighted by atomic mass is 32.1. The summed E-state index contributed by atoms with van der Waals surface area (Å²) in [6.07, 6.45) is 1.52. The van der Waals surface area contributed by atoms with E-state index in [0.717, 1.165) is 0 Å². The molecule has 15 heavy (non-hydrogen) atoms. The molecule has 0 aromatic carbocycles. The highest BCUT2D eigenvalue weighted by Gasteiger charge is 2.26. The van der Waals surface area contributed by atoms with Gasteiger partial charge in [0.2, 0.25) is 0 Å². The minimum atomic E-state index is -0.521. The van der Waals surface area contributed by atoms with Crippen LogP contribution in [0.4, 0.5) is 0 Å². The number of nitrogens with zero attached hydrogens (tertiary/aromatic N) is 2. The van der Waals surface area contributed by atoms with E-state index in [1.807, 2.05) is 0 Å². The van der Waals surface area contributed by atoms with Gasteiger partial charge in [0.1, 0.15) is 0 Å². The van der Waals surface area contributed by atoms with Crippen LogP contribution in [0.15, 0.2) is 11.6 Å².